The molecule has 27 heavy (non-hydrogen) atoms. The van der Waals surface area contributed by atoms with Crippen LogP contribution in [0.25, 0.3) is 5.57 Å². The van der Waals surface area contributed by atoms with Gasteiger partial charge in [0.15, 0.2) is 5.75 Å². The molecule has 0 unspecified atom stereocenters. The zero-order chi connectivity index (χ0) is 19.6. The summed E-state index contributed by atoms with van der Waals surface area (Å²) in [6, 6.07) is 3.54. The molecule has 0 aromatic heterocycles. The van der Waals surface area contributed by atoms with Gasteiger partial charge >= 0.3 is 5.69 Å². The second-order valence-corrected chi connectivity index (χ2v) is 8.23. The third-order valence-electron chi connectivity index (χ3n) is 5.45. The highest BCUT2D eigenvalue weighted by Gasteiger charge is 2.30. The first kappa shape index (κ1) is 19.8. The van der Waals surface area contributed by atoms with E-state index in [9.17, 15) is 10.1 Å². The summed E-state index contributed by atoms with van der Waals surface area (Å²) in [5.41, 5.74) is 3.30. The smallest absolute Gasteiger partial charge is 0.311 e. The van der Waals surface area contributed by atoms with Crippen molar-refractivity contribution in [3.63, 3.8) is 0 Å². The summed E-state index contributed by atoms with van der Waals surface area (Å²) in [5.74, 6) is 0.407. The summed E-state index contributed by atoms with van der Waals surface area (Å²) in [6.07, 6.45) is 6.36. The highest BCUT2D eigenvalue weighted by atomic mass is 16.6. The topological polar surface area (TPSA) is 64.8 Å². The molecule has 1 saturated carbocycles. The normalized spacial score (nSPS) is 18.7. The Morgan fingerprint density at radius 3 is 2.70 bits per heavy atom. The van der Waals surface area contributed by atoms with E-state index in [0.717, 1.165) is 49.9 Å². The van der Waals surface area contributed by atoms with Crippen LogP contribution in [0.5, 0.6) is 5.75 Å². The molecule has 0 bridgehead atoms. The maximum Gasteiger partial charge on any atom is 0.311 e. The van der Waals surface area contributed by atoms with Crippen LogP contribution in [0.4, 0.5) is 5.69 Å². The summed E-state index contributed by atoms with van der Waals surface area (Å²) in [7, 11) is 1.74. The van der Waals surface area contributed by atoms with Crippen molar-refractivity contribution in [2.24, 2.45) is 0 Å². The predicted octanol–water partition coefficient (Wildman–Crippen LogP) is 4.35. The minimum Gasteiger partial charge on any atom is -0.483 e. The number of nitro groups is 1. The minimum atomic E-state index is -0.342. The molecule has 1 fully saturated rings. The second-order valence-electron chi connectivity index (χ2n) is 8.23. The van der Waals surface area contributed by atoms with Crippen molar-refractivity contribution in [1.82, 2.24) is 4.90 Å². The molecule has 1 aliphatic heterocycles. The molecule has 1 heterocycles. The van der Waals surface area contributed by atoms with E-state index in [-0.39, 0.29) is 22.3 Å². The molecular formula is C21H30N2O4. The Labute approximate surface area is 161 Å². The van der Waals surface area contributed by atoms with E-state index in [0.29, 0.717) is 12.4 Å². The van der Waals surface area contributed by atoms with Crippen LogP contribution in [0.3, 0.4) is 0 Å². The molecule has 0 N–H and O–H groups in total. The highest BCUT2D eigenvalue weighted by Crippen LogP contribution is 2.38. The lowest BCUT2D eigenvalue weighted by atomic mass is 9.96. The average Bonchev–Trinajstić information content (AvgIpc) is 3.42. The van der Waals surface area contributed by atoms with Crippen molar-refractivity contribution in [2.45, 2.75) is 58.1 Å². The van der Waals surface area contributed by atoms with Gasteiger partial charge in [0.25, 0.3) is 0 Å². The van der Waals surface area contributed by atoms with Gasteiger partial charge in [-0.3, -0.25) is 15.0 Å². The largest absolute Gasteiger partial charge is 0.483 e. The van der Waals surface area contributed by atoms with Crippen LogP contribution in [0.15, 0.2) is 18.2 Å². The van der Waals surface area contributed by atoms with E-state index in [2.05, 4.69) is 24.8 Å². The van der Waals surface area contributed by atoms with Crippen LogP contribution in [-0.2, 0) is 4.74 Å². The van der Waals surface area contributed by atoms with E-state index in [1.807, 2.05) is 13.0 Å². The van der Waals surface area contributed by atoms with Gasteiger partial charge in [-0.1, -0.05) is 6.08 Å². The van der Waals surface area contributed by atoms with Gasteiger partial charge in [0, 0.05) is 25.3 Å². The summed E-state index contributed by atoms with van der Waals surface area (Å²) in [4.78, 5) is 13.5. The van der Waals surface area contributed by atoms with Gasteiger partial charge in [-0.2, -0.15) is 0 Å². The number of hydrogen-bond donors (Lipinski definition) is 0. The van der Waals surface area contributed by atoms with Crippen LogP contribution in [0, 0.1) is 17.0 Å². The highest BCUT2D eigenvalue weighted by molar-refractivity contribution is 5.72. The number of allylic oxidation sites excluding steroid dienone is 1. The van der Waals surface area contributed by atoms with Crippen LogP contribution in [0.2, 0.25) is 0 Å². The first-order chi connectivity index (χ1) is 12.8. The molecule has 0 atom stereocenters. The maximum absolute atomic E-state index is 11.4. The maximum atomic E-state index is 11.4. The van der Waals surface area contributed by atoms with Gasteiger partial charge in [-0.25, -0.2) is 0 Å². The first-order valence-electron chi connectivity index (χ1n) is 9.71. The van der Waals surface area contributed by atoms with Crippen LogP contribution < -0.4 is 4.74 Å². The number of aryl methyl sites for hydroxylation is 1. The lowest BCUT2D eigenvalue weighted by Crippen LogP contribution is -2.47. The van der Waals surface area contributed by atoms with E-state index >= 15 is 0 Å². The van der Waals surface area contributed by atoms with Crippen molar-refractivity contribution in [3.05, 3.63) is 39.4 Å². The fourth-order valence-corrected chi connectivity index (χ4v) is 3.73. The molecule has 0 radical (unpaired) electrons. The Bertz CT molecular complexity index is 738. The number of rotatable bonds is 7. The van der Waals surface area contributed by atoms with Gasteiger partial charge < -0.3 is 9.47 Å². The standard InChI is InChI=1S/C21H30N2O4/c1-15-12-19(23(24)25)20(27-17-7-8-17)13-18(15)16-6-5-10-22(11-9-16)21(2,3)14-26-4/h9,12-13,17H,5-8,10-11,14H2,1-4H3. The van der Waals surface area contributed by atoms with Gasteiger partial charge in [0.1, 0.15) is 0 Å². The van der Waals surface area contributed by atoms with Crippen molar-refractivity contribution in [1.29, 1.82) is 0 Å². The summed E-state index contributed by atoms with van der Waals surface area (Å²) >= 11 is 0. The number of nitrogens with zero attached hydrogens (tertiary/aromatic N) is 2. The summed E-state index contributed by atoms with van der Waals surface area (Å²) < 4.78 is 11.2. The van der Waals surface area contributed by atoms with Crippen LogP contribution in [-0.4, -0.2) is 48.3 Å². The Hall–Kier alpha value is -1.92. The molecule has 2 aliphatic rings. The minimum absolute atomic E-state index is 0.0224. The van der Waals surface area contributed by atoms with Crippen molar-refractivity contribution < 1.29 is 14.4 Å². The fraction of sp³-hybridized carbons (Fsp3) is 0.619. The van der Waals surface area contributed by atoms with Gasteiger partial charge in [-0.05, 0) is 75.8 Å². The van der Waals surface area contributed by atoms with Crippen LogP contribution in [0.1, 0.15) is 50.7 Å². The second kappa shape index (κ2) is 7.98. The molecule has 3 rings (SSSR count). The molecule has 1 aromatic carbocycles. The number of benzene rings is 1. The molecular weight excluding hydrogens is 344 g/mol. The van der Waals surface area contributed by atoms with Crippen molar-refractivity contribution in [3.8, 4) is 5.75 Å². The first-order valence-corrected chi connectivity index (χ1v) is 9.71. The van der Waals surface area contributed by atoms with E-state index in [1.165, 1.54) is 5.57 Å². The average molecular weight is 374 g/mol. The van der Waals surface area contributed by atoms with E-state index in [4.69, 9.17) is 9.47 Å². The Morgan fingerprint density at radius 1 is 1.33 bits per heavy atom. The van der Waals surface area contributed by atoms with Crippen molar-refractivity contribution >= 4 is 11.3 Å². The predicted molar refractivity (Wildman–Crippen MR) is 106 cm³/mol. The summed E-state index contributed by atoms with van der Waals surface area (Å²) in [6.45, 7) is 8.89. The van der Waals surface area contributed by atoms with Crippen molar-refractivity contribution in [2.75, 3.05) is 26.8 Å². The third kappa shape index (κ3) is 4.68. The van der Waals surface area contributed by atoms with Gasteiger partial charge in [0.2, 0.25) is 0 Å². The molecule has 0 spiro atoms. The van der Waals surface area contributed by atoms with Gasteiger partial charge in [0.05, 0.1) is 17.6 Å². The molecule has 1 aliphatic carbocycles. The Balaban J connectivity index is 1.88. The Morgan fingerprint density at radius 2 is 2.07 bits per heavy atom. The zero-order valence-corrected chi connectivity index (χ0v) is 16.8. The number of ether oxygens (including phenoxy) is 2. The van der Waals surface area contributed by atoms with E-state index < -0.39 is 0 Å². The monoisotopic (exact) mass is 374 g/mol. The quantitative estimate of drug-likeness (QED) is 0.524. The molecule has 6 heteroatoms. The fourth-order valence-electron chi connectivity index (χ4n) is 3.73. The Kier molecular flexibility index (Phi) is 5.86. The number of nitro benzene ring substituents is 1. The van der Waals surface area contributed by atoms with Crippen LogP contribution >= 0.6 is 0 Å². The lowest BCUT2D eigenvalue weighted by Gasteiger charge is -2.36. The zero-order valence-electron chi connectivity index (χ0n) is 16.8. The third-order valence-corrected chi connectivity index (χ3v) is 5.45. The van der Waals surface area contributed by atoms with Gasteiger partial charge in [-0.15, -0.1) is 0 Å². The molecule has 6 nitrogen and oxygen atoms in total. The molecule has 0 saturated heterocycles. The number of hydrogen-bond acceptors (Lipinski definition) is 5. The lowest BCUT2D eigenvalue weighted by molar-refractivity contribution is -0.386. The number of methoxy groups -OCH3 is 1. The molecule has 0 amide bonds. The molecule has 1 aromatic rings. The molecule has 148 valence electrons. The SMILES string of the molecule is COCC(C)(C)N1CC=C(c2cc(OC3CC3)c([N+](=O)[O-])cc2C)CCC1. The van der Waals surface area contributed by atoms with E-state index in [1.54, 1.807) is 13.2 Å². The summed E-state index contributed by atoms with van der Waals surface area (Å²) in [5, 5.41) is 11.4.